The number of carbonyl (C=O) groups excluding carboxylic acids is 1. The molecule has 0 radical (unpaired) electrons. The number of rotatable bonds is 3. The van der Waals surface area contributed by atoms with Crippen LogP contribution in [0.3, 0.4) is 0 Å². The molecule has 0 aromatic carbocycles. The molecular formula is C11H16N4O3. The summed E-state index contributed by atoms with van der Waals surface area (Å²) in [4.78, 5) is 16.7. The zero-order valence-electron chi connectivity index (χ0n) is 10.5. The largest absolute Gasteiger partial charge is 0.862 e. The summed E-state index contributed by atoms with van der Waals surface area (Å²) in [6.07, 6.45) is 3.28. The third kappa shape index (κ3) is 2.49. The molecule has 0 bridgehead atoms. The van der Waals surface area contributed by atoms with E-state index in [1.165, 1.54) is 25.1 Å². The first-order valence-electron chi connectivity index (χ1n) is 6.00. The van der Waals surface area contributed by atoms with Crippen molar-refractivity contribution in [1.82, 2.24) is 5.27 Å². The van der Waals surface area contributed by atoms with E-state index in [0.717, 1.165) is 25.9 Å². The monoisotopic (exact) mass is 252 g/mol. The summed E-state index contributed by atoms with van der Waals surface area (Å²) in [5.41, 5.74) is 0.229. The van der Waals surface area contributed by atoms with Gasteiger partial charge in [0.05, 0.1) is 17.9 Å². The van der Waals surface area contributed by atoms with Crippen LogP contribution < -0.4 is 14.9 Å². The van der Waals surface area contributed by atoms with Gasteiger partial charge in [-0.2, -0.15) is 5.01 Å². The van der Waals surface area contributed by atoms with E-state index in [1.807, 2.05) is 5.01 Å². The Hall–Kier alpha value is -1.92. The van der Waals surface area contributed by atoms with Crippen LogP contribution >= 0.6 is 0 Å². The molecule has 7 heteroatoms. The molecule has 1 aliphatic heterocycles. The molecule has 1 fully saturated rings. The number of ketones is 1. The molecule has 2 heterocycles. The van der Waals surface area contributed by atoms with E-state index in [9.17, 15) is 9.90 Å². The topological polar surface area (TPSA) is 85.6 Å². The third-order valence-corrected chi connectivity index (χ3v) is 2.80. The molecule has 7 nitrogen and oxygen atoms in total. The lowest BCUT2D eigenvalue weighted by atomic mass is 10.2. The highest BCUT2D eigenvalue weighted by atomic mass is 16.5. The standard InChI is InChI=1S/C11H16N4O3/c1-8(16)10-11(12-9(2)17)18-13-15(10)14-6-4-3-5-7-14/h3-7H2,1-2H3. The van der Waals surface area contributed by atoms with Gasteiger partial charge in [-0.05, 0) is 32.1 Å². The number of nitrogens with zero attached hydrogens (tertiary/aromatic N) is 4. The summed E-state index contributed by atoms with van der Waals surface area (Å²) in [6.45, 7) is 4.35. The molecule has 0 N–H and O–H groups in total. The predicted molar refractivity (Wildman–Crippen MR) is 61.3 cm³/mol. The van der Waals surface area contributed by atoms with Crippen molar-refractivity contribution < 1.29 is 19.2 Å². The van der Waals surface area contributed by atoms with E-state index in [-0.39, 0.29) is 17.4 Å². The Morgan fingerprint density at radius 1 is 1.39 bits per heavy atom. The Bertz CT molecular complexity index is 471. The summed E-state index contributed by atoms with van der Waals surface area (Å²) in [7, 11) is 0. The van der Waals surface area contributed by atoms with Crippen LogP contribution in [0.5, 0.6) is 0 Å². The van der Waals surface area contributed by atoms with Crippen molar-refractivity contribution in [3.63, 3.8) is 0 Å². The minimum absolute atomic E-state index is 0.0134. The molecule has 1 aromatic heterocycles. The fraction of sp³-hybridized carbons (Fsp3) is 0.636. The zero-order valence-corrected chi connectivity index (χ0v) is 10.5. The Labute approximate surface area is 105 Å². The van der Waals surface area contributed by atoms with Gasteiger partial charge in [0.25, 0.3) is 0 Å². The van der Waals surface area contributed by atoms with Gasteiger partial charge in [0.1, 0.15) is 0 Å². The van der Waals surface area contributed by atoms with E-state index in [2.05, 4.69) is 10.3 Å². The van der Waals surface area contributed by atoms with Gasteiger partial charge in [-0.1, -0.05) is 0 Å². The lowest BCUT2D eigenvalue weighted by Crippen LogP contribution is -2.63. The van der Waals surface area contributed by atoms with Crippen LogP contribution in [0, 0.1) is 0 Å². The molecule has 1 aliphatic rings. The average molecular weight is 252 g/mol. The summed E-state index contributed by atoms with van der Waals surface area (Å²) in [5, 5.41) is 16.7. The minimum atomic E-state index is -0.417. The molecule has 0 saturated carbocycles. The van der Waals surface area contributed by atoms with E-state index >= 15 is 0 Å². The summed E-state index contributed by atoms with van der Waals surface area (Å²) >= 11 is 0. The Morgan fingerprint density at radius 2 is 2.06 bits per heavy atom. The first-order chi connectivity index (χ1) is 8.59. The number of hydrogen-bond acceptors (Lipinski definition) is 6. The minimum Gasteiger partial charge on any atom is -0.862 e. The van der Waals surface area contributed by atoms with Crippen molar-refractivity contribution in [1.29, 1.82) is 0 Å². The van der Waals surface area contributed by atoms with Crippen LogP contribution in [0.1, 0.15) is 43.6 Å². The van der Waals surface area contributed by atoms with E-state index < -0.39 is 5.90 Å². The lowest BCUT2D eigenvalue weighted by molar-refractivity contribution is -0.760. The highest BCUT2D eigenvalue weighted by molar-refractivity contribution is 5.94. The summed E-state index contributed by atoms with van der Waals surface area (Å²) in [5.74, 6) is -0.651. The van der Waals surface area contributed by atoms with Crippen LogP contribution in [0.2, 0.25) is 0 Å². The van der Waals surface area contributed by atoms with Crippen LogP contribution in [0.25, 0.3) is 0 Å². The maximum atomic E-state index is 11.7. The first-order valence-corrected chi connectivity index (χ1v) is 6.00. The average Bonchev–Trinajstić information content (AvgIpc) is 2.73. The van der Waals surface area contributed by atoms with Gasteiger partial charge in [0.2, 0.25) is 11.1 Å². The fourth-order valence-corrected chi connectivity index (χ4v) is 2.01. The van der Waals surface area contributed by atoms with Gasteiger partial charge < -0.3 is 5.11 Å². The molecule has 18 heavy (non-hydrogen) atoms. The lowest BCUT2D eigenvalue weighted by Gasteiger charge is -2.18. The molecule has 0 atom stereocenters. The highest BCUT2D eigenvalue weighted by Gasteiger charge is 2.34. The molecule has 0 unspecified atom stereocenters. The van der Waals surface area contributed by atoms with Crippen LogP contribution in [0.15, 0.2) is 9.52 Å². The summed E-state index contributed by atoms with van der Waals surface area (Å²) < 4.78 is 4.98. The summed E-state index contributed by atoms with van der Waals surface area (Å²) in [6, 6.07) is 0. The zero-order chi connectivity index (χ0) is 13.1. The molecule has 1 aromatic rings. The van der Waals surface area contributed by atoms with Crippen LogP contribution in [0.4, 0.5) is 5.88 Å². The van der Waals surface area contributed by atoms with E-state index in [1.54, 1.807) is 0 Å². The Balaban J connectivity index is 2.38. The molecular weight excluding hydrogens is 236 g/mol. The maximum absolute atomic E-state index is 11.7. The number of aliphatic imine (C=N–C) groups is 1. The predicted octanol–water partition coefficient (Wildman–Crippen LogP) is -0.303. The quantitative estimate of drug-likeness (QED) is 0.319. The van der Waals surface area contributed by atoms with Crippen molar-refractivity contribution in [2.45, 2.75) is 33.1 Å². The normalized spacial score (nSPS) is 17.0. The second-order valence-electron chi connectivity index (χ2n) is 4.32. The van der Waals surface area contributed by atoms with Crippen molar-refractivity contribution >= 4 is 17.6 Å². The molecule has 2 rings (SSSR count). The molecule has 1 saturated heterocycles. The van der Waals surface area contributed by atoms with Gasteiger partial charge in [0.15, 0.2) is 0 Å². The van der Waals surface area contributed by atoms with Crippen molar-refractivity contribution in [3.05, 3.63) is 5.69 Å². The first kappa shape index (κ1) is 12.5. The SMILES string of the molecule is CC(=O)c1c(/N=C(/C)[O-])on[n+]1N1CCCCC1. The van der Waals surface area contributed by atoms with Crippen LogP contribution in [-0.4, -0.2) is 30.0 Å². The third-order valence-electron chi connectivity index (χ3n) is 2.80. The number of Topliss-reactive ketones (excluding diaryl/α,β-unsaturated/α-hetero) is 1. The molecule has 0 aliphatic carbocycles. The van der Waals surface area contributed by atoms with Crippen molar-refractivity contribution in [2.75, 3.05) is 18.1 Å². The molecule has 0 amide bonds. The maximum Gasteiger partial charge on any atom is 0.375 e. The smallest absolute Gasteiger partial charge is 0.375 e. The van der Waals surface area contributed by atoms with E-state index in [4.69, 9.17) is 4.52 Å². The van der Waals surface area contributed by atoms with Gasteiger partial charge in [-0.15, -0.1) is 0 Å². The number of carbonyl (C=O) groups is 1. The van der Waals surface area contributed by atoms with Crippen molar-refractivity contribution in [3.8, 4) is 0 Å². The van der Waals surface area contributed by atoms with E-state index in [0.29, 0.717) is 0 Å². The van der Waals surface area contributed by atoms with Gasteiger partial charge in [-0.25, -0.2) is 4.99 Å². The van der Waals surface area contributed by atoms with Crippen molar-refractivity contribution in [2.24, 2.45) is 4.99 Å². The second kappa shape index (κ2) is 5.16. The fourth-order valence-electron chi connectivity index (χ4n) is 2.01. The number of hydrogen-bond donors (Lipinski definition) is 0. The second-order valence-corrected chi connectivity index (χ2v) is 4.32. The Kier molecular flexibility index (Phi) is 3.59. The van der Waals surface area contributed by atoms with Gasteiger partial charge >= 0.3 is 11.6 Å². The van der Waals surface area contributed by atoms with Gasteiger partial charge in [-0.3, -0.25) is 9.32 Å². The molecule has 98 valence electrons. The number of piperidine rings is 1. The van der Waals surface area contributed by atoms with Gasteiger partial charge in [0, 0.05) is 6.92 Å². The Morgan fingerprint density at radius 3 is 2.61 bits per heavy atom. The molecule has 0 spiro atoms. The number of aromatic nitrogens is 2. The van der Waals surface area contributed by atoms with Crippen LogP contribution in [-0.2, 0) is 0 Å². The highest BCUT2D eigenvalue weighted by Crippen LogP contribution is 2.16.